The van der Waals surface area contributed by atoms with E-state index in [2.05, 4.69) is 23.1 Å². The summed E-state index contributed by atoms with van der Waals surface area (Å²) in [4.78, 5) is 10.9. The summed E-state index contributed by atoms with van der Waals surface area (Å²) in [6.07, 6.45) is 0. The number of anilines is 1. The largest absolute Gasteiger partial charge is 0.485 e. The fraction of sp³-hybridized carbons (Fsp3) is 0.263. The highest BCUT2D eigenvalue weighted by molar-refractivity contribution is 5.49. The predicted octanol–water partition coefficient (Wildman–Crippen LogP) is 4.55. The molecule has 0 amide bonds. The summed E-state index contributed by atoms with van der Waals surface area (Å²) in [5, 5.41) is 0. The minimum atomic E-state index is 0.496. The molecular formula is C19H23N3O. The van der Waals surface area contributed by atoms with Gasteiger partial charge in [0.25, 0.3) is 0 Å². The Labute approximate surface area is 138 Å². The van der Waals surface area contributed by atoms with Gasteiger partial charge in [-0.1, -0.05) is 43.5 Å². The van der Waals surface area contributed by atoms with Crippen LogP contribution in [0.4, 0.5) is 5.95 Å². The Balaban J connectivity index is 2.26. The molecule has 0 saturated heterocycles. The van der Waals surface area contributed by atoms with Gasteiger partial charge in [0.15, 0.2) is 5.75 Å². The van der Waals surface area contributed by atoms with E-state index in [1.807, 2.05) is 62.9 Å². The van der Waals surface area contributed by atoms with Gasteiger partial charge in [-0.2, -0.15) is 0 Å². The Hall–Kier alpha value is -2.62. The van der Waals surface area contributed by atoms with Gasteiger partial charge >= 0.3 is 0 Å². The fourth-order valence-electron chi connectivity index (χ4n) is 2.39. The van der Waals surface area contributed by atoms with Crippen molar-refractivity contribution in [3.63, 3.8) is 0 Å². The molecular weight excluding hydrogens is 286 g/mol. The van der Waals surface area contributed by atoms with Crippen molar-refractivity contribution in [1.29, 1.82) is 0 Å². The van der Waals surface area contributed by atoms with Crippen LogP contribution >= 0.6 is 0 Å². The van der Waals surface area contributed by atoms with Crippen molar-refractivity contribution in [3.8, 4) is 5.75 Å². The first-order valence-electron chi connectivity index (χ1n) is 7.53. The van der Waals surface area contributed by atoms with Crippen LogP contribution in [0.5, 0.6) is 5.75 Å². The normalized spacial score (nSPS) is 10.3. The highest BCUT2D eigenvalue weighted by Gasteiger charge is 2.16. The lowest BCUT2D eigenvalue weighted by Gasteiger charge is -2.23. The number of allylic oxidation sites excluding steroid dienone is 2. The van der Waals surface area contributed by atoms with E-state index in [1.54, 1.807) is 0 Å². The molecule has 0 saturated carbocycles. The highest BCUT2D eigenvalue weighted by atomic mass is 16.5. The Kier molecular flexibility index (Phi) is 5.16. The van der Waals surface area contributed by atoms with Gasteiger partial charge in [0.2, 0.25) is 5.95 Å². The molecule has 2 aromatic rings. The van der Waals surface area contributed by atoms with E-state index in [4.69, 9.17) is 4.74 Å². The van der Waals surface area contributed by atoms with E-state index >= 15 is 0 Å². The number of benzene rings is 1. The van der Waals surface area contributed by atoms with Crippen LogP contribution in [0.25, 0.3) is 0 Å². The third-order valence-electron chi connectivity index (χ3n) is 3.38. The molecule has 23 heavy (non-hydrogen) atoms. The summed E-state index contributed by atoms with van der Waals surface area (Å²) >= 11 is 0. The smallest absolute Gasteiger partial charge is 0.234 e. The quantitative estimate of drug-likeness (QED) is 0.785. The van der Waals surface area contributed by atoms with Gasteiger partial charge in [0.1, 0.15) is 6.61 Å². The average molecular weight is 309 g/mol. The number of ether oxygens (including phenoxy) is 1. The summed E-state index contributed by atoms with van der Waals surface area (Å²) in [6, 6.07) is 10.0. The summed E-state index contributed by atoms with van der Waals surface area (Å²) in [5.41, 5.74) is 4.37. The lowest BCUT2D eigenvalue weighted by molar-refractivity contribution is 0.298. The lowest BCUT2D eigenvalue weighted by atomic mass is 10.2. The van der Waals surface area contributed by atoms with Crippen LogP contribution in [-0.2, 0) is 6.61 Å². The Bertz CT molecular complexity index is 686. The van der Waals surface area contributed by atoms with Crippen molar-refractivity contribution >= 4 is 5.95 Å². The Morgan fingerprint density at radius 2 is 1.52 bits per heavy atom. The summed E-state index contributed by atoms with van der Waals surface area (Å²) < 4.78 is 5.92. The van der Waals surface area contributed by atoms with Crippen molar-refractivity contribution in [2.75, 3.05) is 4.90 Å². The highest BCUT2D eigenvalue weighted by Crippen LogP contribution is 2.26. The maximum atomic E-state index is 5.92. The van der Waals surface area contributed by atoms with E-state index in [0.717, 1.165) is 34.1 Å². The second-order valence-electron chi connectivity index (χ2n) is 5.60. The molecule has 0 atom stereocenters. The van der Waals surface area contributed by atoms with Gasteiger partial charge in [-0.05, 0) is 33.3 Å². The van der Waals surface area contributed by atoms with Crippen molar-refractivity contribution in [2.24, 2.45) is 0 Å². The molecule has 0 N–H and O–H groups in total. The zero-order chi connectivity index (χ0) is 17.0. The van der Waals surface area contributed by atoms with Crippen molar-refractivity contribution in [1.82, 2.24) is 9.97 Å². The topological polar surface area (TPSA) is 38.2 Å². The monoisotopic (exact) mass is 309 g/mol. The third-order valence-corrected chi connectivity index (χ3v) is 3.38. The number of hydrogen-bond donors (Lipinski definition) is 0. The summed E-state index contributed by atoms with van der Waals surface area (Å²) in [7, 11) is 0. The van der Waals surface area contributed by atoms with Crippen LogP contribution in [0.3, 0.4) is 0 Å². The molecule has 0 bridgehead atoms. The zero-order valence-corrected chi connectivity index (χ0v) is 14.3. The predicted molar refractivity (Wildman–Crippen MR) is 94.4 cm³/mol. The lowest BCUT2D eigenvalue weighted by Crippen LogP contribution is -2.21. The minimum absolute atomic E-state index is 0.496. The standard InChI is InChI=1S/C19H23N3O/c1-13(2)22(14(3)4)19-20-15(5)18(16(6)21-19)23-12-17-10-8-7-9-11-17/h7-11H,1,3,12H2,2,4-6H3. The molecule has 1 heterocycles. The zero-order valence-electron chi connectivity index (χ0n) is 14.3. The summed E-state index contributed by atoms with van der Waals surface area (Å²) in [5.74, 6) is 1.30. The van der Waals surface area contributed by atoms with Gasteiger partial charge in [0, 0.05) is 11.4 Å². The van der Waals surface area contributed by atoms with E-state index in [9.17, 15) is 0 Å². The van der Waals surface area contributed by atoms with Crippen molar-refractivity contribution in [2.45, 2.75) is 34.3 Å². The summed E-state index contributed by atoms with van der Waals surface area (Å²) in [6.45, 7) is 16.1. The maximum absolute atomic E-state index is 5.92. The molecule has 0 unspecified atom stereocenters. The van der Waals surface area contributed by atoms with Gasteiger partial charge in [-0.3, -0.25) is 4.90 Å². The van der Waals surface area contributed by atoms with Gasteiger partial charge < -0.3 is 4.74 Å². The van der Waals surface area contributed by atoms with Crippen molar-refractivity contribution in [3.05, 3.63) is 71.8 Å². The van der Waals surface area contributed by atoms with Crippen LogP contribution in [-0.4, -0.2) is 9.97 Å². The van der Waals surface area contributed by atoms with Crippen LogP contribution in [0, 0.1) is 13.8 Å². The number of nitrogens with zero attached hydrogens (tertiary/aromatic N) is 3. The molecule has 0 aliphatic carbocycles. The van der Waals surface area contributed by atoms with Crippen LogP contribution in [0.2, 0.25) is 0 Å². The molecule has 0 spiro atoms. The Morgan fingerprint density at radius 3 is 2.00 bits per heavy atom. The second kappa shape index (κ2) is 7.09. The number of rotatable bonds is 6. The van der Waals surface area contributed by atoms with E-state index in [0.29, 0.717) is 12.6 Å². The molecule has 2 rings (SSSR count). The number of aromatic nitrogens is 2. The van der Waals surface area contributed by atoms with Crippen LogP contribution in [0.15, 0.2) is 54.9 Å². The minimum Gasteiger partial charge on any atom is -0.485 e. The molecule has 1 aromatic heterocycles. The first kappa shape index (κ1) is 16.7. The first-order chi connectivity index (χ1) is 10.9. The molecule has 1 aromatic carbocycles. The molecule has 0 aliphatic heterocycles. The molecule has 4 heteroatoms. The SMILES string of the molecule is C=C(C)N(C(=C)C)c1nc(C)c(OCc2ccccc2)c(C)n1. The molecule has 0 aliphatic rings. The molecule has 4 nitrogen and oxygen atoms in total. The second-order valence-corrected chi connectivity index (χ2v) is 5.60. The first-order valence-corrected chi connectivity index (χ1v) is 7.53. The molecule has 0 radical (unpaired) electrons. The number of aryl methyl sites for hydroxylation is 2. The van der Waals surface area contributed by atoms with E-state index < -0.39 is 0 Å². The van der Waals surface area contributed by atoms with Gasteiger partial charge in [0.05, 0.1) is 11.4 Å². The maximum Gasteiger partial charge on any atom is 0.234 e. The fourth-order valence-corrected chi connectivity index (χ4v) is 2.39. The van der Waals surface area contributed by atoms with Gasteiger partial charge in [-0.15, -0.1) is 0 Å². The van der Waals surface area contributed by atoms with Crippen LogP contribution < -0.4 is 9.64 Å². The number of hydrogen-bond acceptors (Lipinski definition) is 4. The third kappa shape index (κ3) is 3.97. The van der Waals surface area contributed by atoms with E-state index in [1.165, 1.54) is 0 Å². The molecule has 0 fully saturated rings. The molecule has 120 valence electrons. The Morgan fingerprint density at radius 1 is 1.00 bits per heavy atom. The van der Waals surface area contributed by atoms with E-state index in [-0.39, 0.29) is 0 Å². The van der Waals surface area contributed by atoms with Crippen LogP contribution in [0.1, 0.15) is 30.8 Å². The van der Waals surface area contributed by atoms with Gasteiger partial charge in [-0.25, -0.2) is 9.97 Å². The average Bonchev–Trinajstić information content (AvgIpc) is 2.46. The van der Waals surface area contributed by atoms with Crippen molar-refractivity contribution < 1.29 is 4.74 Å².